The zero-order valence-corrected chi connectivity index (χ0v) is 16.3. The quantitative estimate of drug-likeness (QED) is 0.827. The van der Waals surface area contributed by atoms with E-state index in [1.807, 2.05) is 30.3 Å². The number of anilines is 1. The third-order valence-electron chi connectivity index (χ3n) is 4.33. The van der Waals surface area contributed by atoms with Crippen molar-refractivity contribution in [2.24, 2.45) is 5.92 Å². The first-order valence-corrected chi connectivity index (χ1v) is 10.5. The topological polar surface area (TPSA) is 83.6 Å². The summed E-state index contributed by atoms with van der Waals surface area (Å²) in [7, 11) is -3.71. The molecule has 1 heterocycles. The molecular formula is C19H19ClN2O4S. The van der Waals surface area contributed by atoms with Gasteiger partial charge in [0.15, 0.2) is 0 Å². The molecule has 1 fully saturated rings. The second-order valence-corrected chi connectivity index (χ2v) is 8.71. The maximum Gasteiger partial charge on any atom is 0.252 e. The molecule has 1 atom stereocenters. The minimum absolute atomic E-state index is 0.0901. The Kier molecular flexibility index (Phi) is 5.53. The van der Waals surface area contributed by atoms with Crippen molar-refractivity contribution in [3.05, 3.63) is 64.7 Å². The molecule has 0 unspecified atom stereocenters. The van der Waals surface area contributed by atoms with Crippen LogP contribution in [0.1, 0.15) is 22.8 Å². The monoisotopic (exact) mass is 406 g/mol. The number of hydrogen-bond donors (Lipinski definition) is 1. The largest absolute Gasteiger partial charge is 0.352 e. The molecule has 1 saturated heterocycles. The number of nitrogens with zero attached hydrogens (tertiary/aromatic N) is 1. The van der Waals surface area contributed by atoms with Crippen molar-refractivity contribution >= 4 is 39.1 Å². The summed E-state index contributed by atoms with van der Waals surface area (Å²) in [6.45, 7) is 2.01. The first kappa shape index (κ1) is 19.4. The molecule has 0 saturated carbocycles. The smallest absolute Gasteiger partial charge is 0.252 e. The maximum atomic E-state index is 12.3. The Morgan fingerprint density at radius 1 is 1.22 bits per heavy atom. The standard InChI is InChI=1S/C19H19ClN2O4S/c1-13-12-27(25,26)22(19(13)24)15-7-8-16(17(20)11-15)18(23)21-10-9-14-5-3-2-4-6-14/h2-8,11,13H,9-10,12H2,1H3,(H,21,23)/t13-/m1/s1. The molecule has 3 rings (SSSR count). The van der Waals surface area contributed by atoms with Crippen molar-refractivity contribution in [2.45, 2.75) is 13.3 Å². The van der Waals surface area contributed by atoms with E-state index < -0.39 is 21.8 Å². The zero-order valence-electron chi connectivity index (χ0n) is 14.7. The van der Waals surface area contributed by atoms with Crippen LogP contribution in [-0.4, -0.2) is 32.5 Å². The van der Waals surface area contributed by atoms with Crippen molar-refractivity contribution < 1.29 is 18.0 Å². The lowest BCUT2D eigenvalue weighted by atomic mass is 10.1. The molecule has 1 aliphatic rings. The Balaban J connectivity index is 1.71. The maximum absolute atomic E-state index is 12.3. The third kappa shape index (κ3) is 4.14. The fraction of sp³-hybridized carbons (Fsp3) is 0.263. The second kappa shape index (κ2) is 7.70. The van der Waals surface area contributed by atoms with E-state index in [-0.39, 0.29) is 27.9 Å². The van der Waals surface area contributed by atoms with Gasteiger partial charge in [-0.25, -0.2) is 12.7 Å². The summed E-state index contributed by atoms with van der Waals surface area (Å²) < 4.78 is 25.1. The first-order chi connectivity index (χ1) is 12.8. The van der Waals surface area contributed by atoms with E-state index in [1.54, 1.807) is 6.92 Å². The van der Waals surface area contributed by atoms with Gasteiger partial charge in [0.05, 0.1) is 27.9 Å². The summed E-state index contributed by atoms with van der Waals surface area (Å²) in [6.07, 6.45) is 0.681. The van der Waals surface area contributed by atoms with Crippen LogP contribution in [-0.2, 0) is 21.2 Å². The van der Waals surface area contributed by atoms with Crippen LogP contribution in [0.3, 0.4) is 0 Å². The molecule has 0 bridgehead atoms. The lowest BCUT2D eigenvalue weighted by molar-refractivity contribution is -0.119. The van der Waals surface area contributed by atoms with Gasteiger partial charge >= 0.3 is 0 Å². The minimum Gasteiger partial charge on any atom is -0.352 e. The Morgan fingerprint density at radius 2 is 1.93 bits per heavy atom. The van der Waals surface area contributed by atoms with E-state index >= 15 is 0 Å². The van der Waals surface area contributed by atoms with Gasteiger partial charge in [0.1, 0.15) is 0 Å². The van der Waals surface area contributed by atoms with E-state index in [0.29, 0.717) is 13.0 Å². The van der Waals surface area contributed by atoms with Crippen LogP contribution in [0.25, 0.3) is 0 Å². The Labute approximate surface area is 163 Å². The predicted octanol–water partition coefficient (Wildman–Crippen LogP) is 2.63. The molecule has 0 aliphatic carbocycles. The normalized spacial score (nSPS) is 18.5. The van der Waals surface area contributed by atoms with Crippen molar-refractivity contribution in [3.8, 4) is 0 Å². The van der Waals surface area contributed by atoms with Gasteiger partial charge in [-0.2, -0.15) is 0 Å². The molecule has 1 aliphatic heterocycles. The number of amides is 2. The molecule has 8 heteroatoms. The highest BCUT2D eigenvalue weighted by molar-refractivity contribution is 7.94. The summed E-state index contributed by atoms with van der Waals surface area (Å²) in [5.74, 6) is -1.68. The van der Waals surface area contributed by atoms with Crippen molar-refractivity contribution in [2.75, 3.05) is 16.6 Å². The fourth-order valence-electron chi connectivity index (χ4n) is 2.96. The average Bonchev–Trinajstić information content (AvgIpc) is 2.82. The van der Waals surface area contributed by atoms with Gasteiger partial charge in [-0.3, -0.25) is 9.59 Å². The second-order valence-electron chi connectivity index (χ2n) is 6.44. The average molecular weight is 407 g/mol. The Bertz CT molecular complexity index is 976. The number of carbonyl (C=O) groups excluding carboxylic acids is 2. The van der Waals surface area contributed by atoms with E-state index in [9.17, 15) is 18.0 Å². The molecule has 2 aromatic rings. The van der Waals surface area contributed by atoms with Gasteiger partial charge in [-0.05, 0) is 30.2 Å². The summed E-state index contributed by atoms with van der Waals surface area (Å²) in [6, 6.07) is 13.9. The van der Waals surface area contributed by atoms with E-state index in [1.165, 1.54) is 18.2 Å². The Hall–Kier alpha value is -2.38. The molecular weight excluding hydrogens is 388 g/mol. The third-order valence-corrected chi connectivity index (χ3v) is 6.52. The zero-order chi connectivity index (χ0) is 19.6. The molecule has 0 aromatic heterocycles. The summed E-state index contributed by atoms with van der Waals surface area (Å²) in [5, 5.41) is 2.88. The number of halogens is 1. The molecule has 142 valence electrons. The van der Waals surface area contributed by atoms with Gasteiger partial charge in [-0.15, -0.1) is 0 Å². The van der Waals surface area contributed by atoms with Gasteiger partial charge in [0, 0.05) is 6.54 Å². The highest BCUT2D eigenvalue weighted by atomic mass is 35.5. The predicted molar refractivity (Wildman–Crippen MR) is 104 cm³/mol. The molecule has 0 spiro atoms. The number of carbonyl (C=O) groups is 2. The Morgan fingerprint density at radius 3 is 2.52 bits per heavy atom. The lowest BCUT2D eigenvalue weighted by Crippen LogP contribution is -2.30. The van der Waals surface area contributed by atoms with E-state index in [2.05, 4.69) is 5.32 Å². The number of sulfonamides is 1. The molecule has 2 aromatic carbocycles. The summed E-state index contributed by atoms with van der Waals surface area (Å²) in [5.41, 5.74) is 1.48. The number of hydrogen-bond acceptors (Lipinski definition) is 4. The molecule has 27 heavy (non-hydrogen) atoms. The molecule has 2 amide bonds. The van der Waals surface area contributed by atoms with Crippen molar-refractivity contribution in [3.63, 3.8) is 0 Å². The first-order valence-electron chi connectivity index (χ1n) is 8.48. The van der Waals surface area contributed by atoms with Crippen LogP contribution in [0.15, 0.2) is 48.5 Å². The molecule has 0 radical (unpaired) electrons. The number of nitrogens with one attached hydrogen (secondary N) is 1. The van der Waals surface area contributed by atoms with E-state index in [4.69, 9.17) is 11.6 Å². The van der Waals surface area contributed by atoms with Crippen LogP contribution < -0.4 is 9.62 Å². The van der Waals surface area contributed by atoms with Crippen molar-refractivity contribution in [1.29, 1.82) is 0 Å². The summed E-state index contributed by atoms with van der Waals surface area (Å²) in [4.78, 5) is 24.5. The number of rotatable bonds is 5. The molecule has 1 N–H and O–H groups in total. The molecule has 6 nitrogen and oxygen atoms in total. The van der Waals surface area contributed by atoms with Gasteiger partial charge in [-0.1, -0.05) is 48.9 Å². The van der Waals surface area contributed by atoms with E-state index in [0.717, 1.165) is 9.87 Å². The fourth-order valence-corrected chi connectivity index (χ4v) is 5.03. The van der Waals surface area contributed by atoms with Crippen LogP contribution in [0, 0.1) is 5.92 Å². The SMILES string of the molecule is C[C@@H]1CS(=O)(=O)N(c2ccc(C(=O)NCCc3ccccc3)c(Cl)c2)C1=O. The summed E-state index contributed by atoms with van der Waals surface area (Å²) >= 11 is 6.18. The van der Waals surface area contributed by atoms with Crippen LogP contribution >= 0.6 is 11.6 Å². The minimum atomic E-state index is -3.71. The lowest BCUT2D eigenvalue weighted by Gasteiger charge is -2.16. The highest BCUT2D eigenvalue weighted by Gasteiger charge is 2.42. The van der Waals surface area contributed by atoms with Crippen molar-refractivity contribution in [1.82, 2.24) is 5.32 Å². The van der Waals surface area contributed by atoms with Gasteiger partial charge in [0.25, 0.3) is 5.91 Å². The van der Waals surface area contributed by atoms with Crippen LogP contribution in [0.4, 0.5) is 5.69 Å². The van der Waals surface area contributed by atoms with Crippen LogP contribution in [0.5, 0.6) is 0 Å². The highest BCUT2D eigenvalue weighted by Crippen LogP contribution is 2.31. The van der Waals surface area contributed by atoms with Gasteiger partial charge in [0.2, 0.25) is 15.9 Å². The van der Waals surface area contributed by atoms with Crippen LogP contribution in [0.2, 0.25) is 5.02 Å². The van der Waals surface area contributed by atoms with Gasteiger partial charge < -0.3 is 5.32 Å². The number of benzene rings is 2.